The number of hydrogen-bond donors (Lipinski definition) is 0. The van der Waals surface area contributed by atoms with Crippen molar-refractivity contribution in [2.75, 3.05) is 20.1 Å². The van der Waals surface area contributed by atoms with E-state index in [0.29, 0.717) is 11.3 Å². The normalized spacial score (nSPS) is 13.8. The van der Waals surface area contributed by atoms with Crippen LogP contribution in [-0.2, 0) is 19.1 Å². The lowest BCUT2D eigenvalue weighted by molar-refractivity contribution is -0.143. The van der Waals surface area contributed by atoms with Crippen LogP contribution in [0.15, 0.2) is 4.99 Å². The van der Waals surface area contributed by atoms with Crippen LogP contribution in [0.25, 0.3) is 0 Å². The van der Waals surface area contributed by atoms with Crippen molar-refractivity contribution in [2.45, 2.75) is 104 Å². The van der Waals surface area contributed by atoms with Gasteiger partial charge in [0.15, 0.2) is 0 Å². The molecule has 0 aromatic heterocycles. The Kier molecular flexibility index (Phi) is 12.0. The van der Waals surface area contributed by atoms with Gasteiger partial charge in [0.05, 0.1) is 13.0 Å². The van der Waals surface area contributed by atoms with Crippen LogP contribution in [0.4, 0.5) is 4.79 Å². The Morgan fingerprint density at radius 3 is 2.10 bits per heavy atom. The number of unbranched alkanes of at least 4 members (excludes halogenated alkanes) is 7. The van der Waals surface area contributed by atoms with Gasteiger partial charge in [-0.25, -0.2) is 4.79 Å². The average molecular weight is 430 g/mol. The SMILES string of the molecule is [2H]C([2H])([2H])N(CC(=O)OCC)/C(CC(=O)CCCCCCCCCC)=N\C(=O)OC(C)(C)C. The van der Waals surface area contributed by atoms with Gasteiger partial charge in [0, 0.05) is 17.5 Å². The lowest BCUT2D eigenvalue weighted by Crippen LogP contribution is -2.35. The van der Waals surface area contributed by atoms with E-state index in [-0.39, 0.29) is 31.1 Å². The summed E-state index contributed by atoms with van der Waals surface area (Å²) in [6.45, 7) is 5.33. The second kappa shape index (κ2) is 15.9. The van der Waals surface area contributed by atoms with Crippen molar-refractivity contribution in [3.05, 3.63) is 0 Å². The lowest BCUT2D eigenvalue weighted by Gasteiger charge is -2.21. The van der Waals surface area contributed by atoms with E-state index in [1.54, 1.807) is 27.7 Å². The maximum absolute atomic E-state index is 12.6. The van der Waals surface area contributed by atoms with E-state index >= 15 is 0 Å². The zero-order chi connectivity index (χ0) is 25.5. The second-order valence-corrected chi connectivity index (χ2v) is 8.34. The highest BCUT2D eigenvalue weighted by atomic mass is 16.6. The summed E-state index contributed by atoms with van der Waals surface area (Å²) in [6.07, 6.45) is 7.46. The van der Waals surface area contributed by atoms with E-state index in [4.69, 9.17) is 13.6 Å². The molecule has 0 aliphatic heterocycles. The number of amides is 1. The first-order valence-electron chi connectivity index (χ1n) is 12.6. The fourth-order valence-electron chi connectivity index (χ4n) is 2.73. The topological polar surface area (TPSA) is 85.3 Å². The Morgan fingerprint density at radius 1 is 0.967 bits per heavy atom. The van der Waals surface area contributed by atoms with Crippen LogP contribution in [0, 0.1) is 0 Å². The average Bonchev–Trinajstić information content (AvgIpc) is 2.65. The van der Waals surface area contributed by atoms with Gasteiger partial charge in [-0.3, -0.25) is 9.59 Å². The summed E-state index contributed by atoms with van der Waals surface area (Å²) < 4.78 is 33.4. The molecule has 174 valence electrons. The highest BCUT2D eigenvalue weighted by Crippen LogP contribution is 2.12. The minimum Gasteiger partial charge on any atom is -0.465 e. The standard InChI is InChI=1S/C23H42N2O5/c1-7-9-10-11-12-13-14-15-16-19(26)17-20(24-22(28)30-23(3,4)5)25(6)18-21(27)29-8-2/h7-18H2,1-6H3/b24-20-/i6D3. The molecule has 0 bridgehead atoms. The summed E-state index contributed by atoms with van der Waals surface area (Å²) in [7, 11) is 0. The second-order valence-electron chi connectivity index (χ2n) is 8.34. The van der Waals surface area contributed by atoms with Gasteiger partial charge in [-0.1, -0.05) is 51.9 Å². The van der Waals surface area contributed by atoms with Gasteiger partial charge >= 0.3 is 12.1 Å². The Hall–Kier alpha value is -1.92. The number of amidine groups is 1. The lowest BCUT2D eigenvalue weighted by atomic mass is 10.0. The first-order valence-corrected chi connectivity index (χ1v) is 11.1. The summed E-state index contributed by atoms with van der Waals surface area (Å²) in [4.78, 5) is 41.2. The number of likely N-dealkylation sites (N-methyl/N-ethyl adjacent to an activating group) is 1. The number of esters is 1. The van der Waals surface area contributed by atoms with Crippen LogP contribution in [0.1, 0.15) is 103 Å². The summed E-state index contributed by atoms with van der Waals surface area (Å²) in [5, 5.41) is 0. The maximum Gasteiger partial charge on any atom is 0.435 e. The van der Waals surface area contributed by atoms with Crippen molar-refractivity contribution >= 4 is 23.7 Å². The molecule has 7 nitrogen and oxygen atoms in total. The molecule has 0 saturated carbocycles. The number of nitrogens with zero attached hydrogens (tertiary/aromatic N) is 2. The molecule has 0 rings (SSSR count). The summed E-state index contributed by atoms with van der Waals surface area (Å²) >= 11 is 0. The number of Topliss-reactive ketones (excluding diaryl/α,β-unsaturated/α-hetero) is 1. The Balaban J connectivity index is 5.24. The number of ether oxygens (including phenoxy) is 2. The van der Waals surface area contributed by atoms with Crippen molar-refractivity contribution in [3.8, 4) is 0 Å². The van der Waals surface area contributed by atoms with Crippen molar-refractivity contribution in [2.24, 2.45) is 4.99 Å². The summed E-state index contributed by atoms with van der Waals surface area (Å²) in [5.74, 6) is -1.36. The Bertz CT molecular complexity index is 643. The van der Waals surface area contributed by atoms with Gasteiger partial charge in [0.2, 0.25) is 0 Å². The molecule has 0 aromatic carbocycles. The van der Waals surface area contributed by atoms with Crippen LogP contribution in [0.3, 0.4) is 0 Å². The maximum atomic E-state index is 12.6. The third-order valence-corrected chi connectivity index (χ3v) is 4.18. The zero-order valence-corrected chi connectivity index (χ0v) is 19.4. The predicted octanol–water partition coefficient (Wildman–Crippen LogP) is 5.30. The number of carbonyl (C=O) groups excluding carboxylic acids is 3. The number of ketones is 1. The number of carbonyl (C=O) groups is 3. The molecular weight excluding hydrogens is 384 g/mol. The van der Waals surface area contributed by atoms with Crippen LogP contribution < -0.4 is 0 Å². The largest absolute Gasteiger partial charge is 0.465 e. The molecule has 0 aliphatic carbocycles. The minimum atomic E-state index is -2.80. The van der Waals surface area contributed by atoms with Crippen LogP contribution in [0.5, 0.6) is 0 Å². The number of hydrogen-bond acceptors (Lipinski definition) is 5. The summed E-state index contributed by atoms with van der Waals surface area (Å²) in [5.41, 5.74) is -0.848. The quantitative estimate of drug-likeness (QED) is 0.161. The molecule has 0 aliphatic rings. The van der Waals surface area contributed by atoms with Gasteiger partial charge in [-0.2, -0.15) is 4.99 Å². The molecule has 0 unspecified atom stereocenters. The molecule has 0 N–H and O–H groups in total. The molecule has 0 atom stereocenters. The van der Waals surface area contributed by atoms with E-state index in [1.807, 2.05) is 0 Å². The molecule has 1 amide bonds. The van der Waals surface area contributed by atoms with Crippen LogP contribution in [0.2, 0.25) is 0 Å². The minimum absolute atomic E-state index is 0.0730. The van der Waals surface area contributed by atoms with E-state index < -0.39 is 31.2 Å². The van der Waals surface area contributed by atoms with Gasteiger partial charge < -0.3 is 14.4 Å². The molecule has 7 heteroatoms. The monoisotopic (exact) mass is 429 g/mol. The molecular formula is C23H42N2O5. The third-order valence-electron chi connectivity index (χ3n) is 4.18. The van der Waals surface area contributed by atoms with Gasteiger partial charge in [-0.05, 0) is 34.1 Å². The van der Waals surface area contributed by atoms with Crippen molar-refractivity contribution < 1.29 is 28.0 Å². The van der Waals surface area contributed by atoms with Crippen LogP contribution in [-0.4, -0.2) is 54.3 Å². The first-order chi connectivity index (χ1) is 15.3. The van der Waals surface area contributed by atoms with E-state index in [2.05, 4.69) is 11.9 Å². The molecule has 30 heavy (non-hydrogen) atoms. The molecule has 0 saturated heterocycles. The van der Waals surface area contributed by atoms with Crippen LogP contribution >= 0.6 is 0 Å². The molecule has 0 spiro atoms. The van der Waals surface area contributed by atoms with Gasteiger partial charge in [-0.15, -0.1) is 0 Å². The molecule has 0 heterocycles. The highest BCUT2D eigenvalue weighted by molar-refractivity contribution is 6.04. The fourth-order valence-corrected chi connectivity index (χ4v) is 2.73. The van der Waals surface area contributed by atoms with E-state index in [9.17, 15) is 14.4 Å². The third kappa shape index (κ3) is 15.9. The highest BCUT2D eigenvalue weighted by Gasteiger charge is 2.20. The Labute approximate surface area is 186 Å². The number of aliphatic imine (C=N–C) groups is 1. The fraction of sp³-hybridized carbons (Fsp3) is 0.826. The Morgan fingerprint density at radius 2 is 1.57 bits per heavy atom. The number of rotatable bonds is 14. The van der Waals surface area contributed by atoms with E-state index in [0.717, 1.165) is 19.3 Å². The zero-order valence-electron chi connectivity index (χ0n) is 22.4. The molecule has 0 fully saturated rings. The van der Waals surface area contributed by atoms with Crippen molar-refractivity contribution in [1.29, 1.82) is 0 Å². The summed E-state index contributed by atoms with van der Waals surface area (Å²) in [6, 6.07) is 0. The smallest absolute Gasteiger partial charge is 0.435 e. The van der Waals surface area contributed by atoms with Gasteiger partial charge in [0.25, 0.3) is 0 Å². The molecule has 0 aromatic rings. The van der Waals surface area contributed by atoms with Gasteiger partial charge in [0.1, 0.15) is 23.8 Å². The van der Waals surface area contributed by atoms with Crippen molar-refractivity contribution in [3.63, 3.8) is 0 Å². The first kappa shape index (κ1) is 22.8. The van der Waals surface area contributed by atoms with Crippen molar-refractivity contribution in [1.82, 2.24) is 4.90 Å². The molecule has 0 radical (unpaired) electrons. The van der Waals surface area contributed by atoms with E-state index in [1.165, 1.54) is 25.7 Å². The predicted molar refractivity (Wildman–Crippen MR) is 120 cm³/mol.